The average Bonchev–Trinajstić information content (AvgIpc) is 2.54. The molecule has 2 aromatic rings. The Kier molecular flexibility index (Phi) is 4.34. The maximum absolute atomic E-state index is 14.1. The van der Waals surface area contributed by atoms with Crippen LogP contribution in [0.15, 0.2) is 35.2 Å². The van der Waals surface area contributed by atoms with Gasteiger partial charge in [0.25, 0.3) is 0 Å². The fraction of sp³-hybridized carbons (Fsp3) is 0.235. The van der Waals surface area contributed by atoms with Crippen molar-refractivity contribution in [1.82, 2.24) is 4.31 Å². The van der Waals surface area contributed by atoms with Crippen molar-refractivity contribution in [3.63, 3.8) is 0 Å². The average molecular weight is 367 g/mol. The zero-order chi connectivity index (χ0) is 18.4. The molecular weight excluding hydrogens is 352 g/mol. The molecule has 25 heavy (non-hydrogen) atoms. The van der Waals surface area contributed by atoms with Crippen LogP contribution in [0.5, 0.6) is 0 Å². The molecule has 0 saturated heterocycles. The van der Waals surface area contributed by atoms with E-state index in [1.807, 2.05) is 0 Å². The summed E-state index contributed by atoms with van der Waals surface area (Å²) in [7, 11) is -4.18. The van der Waals surface area contributed by atoms with Gasteiger partial charge < -0.3 is 5.11 Å². The highest BCUT2D eigenvalue weighted by atomic mass is 32.2. The van der Waals surface area contributed by atoms with Crippen molar-refractivity contribution in [2.24, 2.45) is 0 Å². The summed E-state index contributed by atoms with van der Waals surface area (Å²) in [5.41, 5.74) is 0.401. The van der Waals surface area contributed by atoms with Crippen LogP contribution in [0.3, 0.4) is 0 Å². The van der Waals surface area contributed by atoms with Gasteiger partial charge >= 0.3 is 5.97 Å². The number of carboxylic acids is 1. The standard InChI is InChI=1S/C17H15F2NO4S/c1-10-3-2-4-15(19)16(10)25(23,24)20-8-7-11-13(9-20)12(17(21)22)5-6-14(11)18/h2-6H,7-9H2,1H3,(H,21,22). The number of rotatable bonds is 3. The van der Waals surface area contributed by atoms with Crippen molar-refractivity contribution in [3.8, 4) is 0 Å². The molecule has 8 heteroatoms. The van der Waals surface area contributed by atoms with Crippen molar-refractivity contribution in [2.75, 3.05) is 6.54 Å². The largest absolute Gasteiger partial charge is 0.478 e. The molecule has 0 aliphatic carbocycles. The van der Waals surface area contributed by atoms with E-state index in [1.165, 1.54) is 19.1 Å². The number of nitrogens with zero attached hydrogens (tertiary/aromatic N) is 1. The first-order valence-corrected chi connectivity index (χ1v) is 8.96. The lowest BCUT2D eigenvalue weighted by atomic mass is 9.95. The number of hydrogen-bond acceptors (Lipinski definition) is 3. The highest BCUT2D eigenvalue weighted by Gasteiger charge is 2.34. The van der Waals surface area contributed by atoms with Crippen molar-refractivity contribution >= 4 is 16.0 Å². The third-order valence-electron chi connectivity index (χ3n) is 4.31. The molecule has 0 fully saturated rings. The summed E-state index contributed by atoms with van der Waals surface area (Å²) in [4.78, 5) is 10.9. The van der Waals surface area contributed by atoms with Gasteiger partial charge in [0, 0.05) is 13.1 Å². The maximum atomic E-state index is 14.1. The Morgan fingerprint density at radius 1 is 1.12 bits per heavy atom. The number of aromatic carboxylic acids is 1. The summed E-state index contributed by atoms with van der Waals surface area (Å²) in [6.07, 6.45) is 0.0228. The zero-order valence-corrected chi connectivity index (χ0v) is 14.1. The van der Waals surface area contributed by atoms with E-state index in [1.54, 1.807) is 0 Å². The summed E-state index contributed by atoms with van der Waals surface area (Å²) in [6.45, 7) is 1.12. The molecule has 1 heterocycles. The highest BCUT2D eigenvalue weighted by Crippen LogP contribution is 2.31. The normalized spacial score (nSPS) is 15.0. The molecule has 1 aliphatic heterocycles. The fourth-order valence-corrected chi connectivity index (χ4v) is 4.76. The molecule has 2 aromatic carbocycles. The summed E-state index contributed by atoms with van der Waals surface area (Å²) in [5, 5.41) is 9.28. The van der Waals surface area contributed by atoms with Crippen LogP contribution in [0.2, 0.25) is 0 Å². The topological polar surface area (TPSA) is 74.7 Å². The van der Waals surface area contributed by atoms with Gasteiger partial charge in [-0.3, -0.25) is 0 Å². The molecule has 0 unspecified atom stereocenters. The summed E-state index contributed by atoms with van der Waals surface area (Å²) >= 11 is 0. The van der Waals surface area contributed by atoms with Crippen LogP contribution in [0.25, 0.3) is 0 Å². The van der Waals surface area contributed by atoms with Crippen molar-refractivity contribution < 1.29 is 27.1 Å². The van der Waals surface area contributed by atoms with Crippen LogP contribution in [0.1, 0.15) is 27.0 Å². The first kappa shape index (κ1) is 17.5. The quantitative estimate of drug-likeness (QED) is 0.905. The van der Waals surface area contributed by atoms with Gasteiger partial charge in [0.05, 0.1) is 5.56 Å². The summed E-state index contributed by atoms with van der Waals surface area (Å²) in [5.74, 6) is -2.71. The predicted octanol–water partition coefficient (Wildman–Crippen LogP) is 2.72. The Balaban J connectivity index is 2.09. The Labute approximate surface area is 143 Å². The van der Waals surface area contributed by atoms with Gasteiger partial charge in [-0.15, -0.1) is 0 Å². The second-order valence-corrected chi connectivity index (χ2v) is 7.71. The predicted molar refractivity (Wildman–Crippen MR) is 85.8 cm³/mol. The lowest BCUT2D eigenvalue weighted by Gasteiger charge is -2.29. The van der Waals surface area contributed by atoms with E-state index >= 15 is 0 Å². The highest BCUT2D eigenvalue weighted by molar-refractivity contribution is 7.89. The number of benzene rings is 2. The van der Waals surface area contributed by atoms with E-state index in [-0.39, 0.29) is 41.8 Å². The number of sulfonamides is 1. The van der Waals surface area contributed by atoms with Crippen molar-refractivity contribution in [3.05, 3.63) is 64.2 Å². The molecular formula is C17H15F2NO4S. The van der Waals surface area contributed by atoms with Gasteiger partial charge in [0.15, 0.2) is 0 Å². The van der Waals surface area contributed by atoms with E-state index in [0.717, 1.165) is 22.5 Å². The van der Waals surface area contributed by atoms with Gasteiger partial charge in [-0.25, -0.2) is 22.0 Å². The molecule has 1 N–H and O–H groups in total. The van der Waals surface area contributed by atoms with Gasteiger partial charge in [-0.1, -0.05) is 12.1 Å². The summed E-state index contributed by atoms with van der Waals surface area (Å²) < 4.78 is 54.8. The Morgan fingerprint density at radius 2 is 1.84 bits per heavy atom. The minimum atomic E-state index is -4.18. The van der Waals surface area contributed by atoms with Crippen LogP contribution >= 0.6 is 0 Å². The fourth-order valence-electron chi connectivity index (χ4n) is 3.09. The van der Waals surface area contributed by atoms with Gasteiger partial charge in [0.1, 0.15) is 16.5 Å². The first-order valence-electron chi connectivity index (χ1n) is 7.52. The van der Waals surface area contributed by atoms with Crippen molar-refractivity contribution in [2.45, 2.75) is 24.8 Å². The lowest BCUT2D eigenvalue weighted by Crippen LogP contribution is -2.38. The minimum absolute atomic E-state index is 0.0228. The smallest absolute Gasteiger partial charge is 0.336 e. The van der Waals surface area contributed by atoms with Crippen LogP contribution in [-0.4, -0.2) is 30.3 Å². The number of carbonyl (C=O) groups is 1. The second kappa shape index (κ2) is 6.20. The van der Waals surface area contributed by atoms with E-state index in [4.69, 9.17) is 0 Å². The number of aryl methyl sites for hydroxylation is 1. The number of halogens is 2. The Hall–Kier alpha value is -2.32. The van der Waals surface area contributed by atoms with Crippen LogP contribution in [-0.2, 0) is 23.0 Å². The lowest BCUT2D eigenvalue weighted by molar-refractivity contribution is 0.0694. The van der Waals surface area contributed by atoms with E-state index in [0.29, 0.717) is 0 Å². The van der Waals surface area contributed by atoms with Crippen LogP contribution < -0.4 is 0 Å². The maximum Gasteiger partial charge on any atom is 0.336 e. The van der Waals surface area contributed by atoms with Gasteiger partial charge in [-0.05, 0) is 48.2 Å². The molecule has 0 aromatic heterocycles. The van der Waals surface area contributed by atoms with E-state index in [9.17, 15) is 27.1 Å². The van der Waals surface area contributed by atoms with Crippen LogP contribution in [0.4, 0.5) is 8.78 Å². The molecule has 0 bridgehead atoms. The molecule has 3 rings (SSSR count). The van der Waals surface area contributed by atoms with Gasteiger partial charge in [0.2, 0.25) is 10.0 Å². The Morgan fingerprint density at radius 3 is 2.48 bits per heavy atom. The molecule has 0 atom stereocenters. The molecule has 0 saturated carbocycles. The molecule has 0 amide bonds. The number of fused-ring (bicyclic) bond motifs is 1. The first-order chi connectivity index (χ1) is 11.7. The second-order valence-electron chi connectivity index (χ2n) is 5.83. The Bertz CT molecular complexity index is 953. The molecule has 0 spiro atoms. The molecule has 0 radical (unpaired) electrons. The number of hydrogen-bond donors (Lipinski definition) is 1. The SMILES string of the molecule is Cc1cccc(F)c1S(=O)(=O)N1CCc2c(F)ccc(C(=O)O)c2C1. The summed E-state index contributed by atoms with van der Waals surface area (Å²) in [6, 6.07) is 6.12. The third-order valence-corrected chi connectivity index (χ3v) is 6.34. The van der Waals surface area contributed by atoms with Crippen molar-refractivity contribution in [1.29, 1.82) is 0 Å². The van der Waals surface area contributed by atoms with Gasteiger partial charge in [-0.2, -0.15) is 4.31 Å². The minimum Gasteiger partial charge on any atom is -0.478 e. The third kappa shape index (κ3) is 2.91. The monoisotopic (exact) mass is 367 g/mol. The zero-order valence-electron chi connectivity index (χ0n) is 13.3. The van der Waals surface area contributed by atoms with E-state index < -0.39 is 32.5 Å². The van der Waals surface area contributed by atoms with E-state index in [2.05, 4.69) is 0 Å². The van der Waals surface area contributed by atoms with Crippen LogP contribution in [0, 0.1) is 18.6 Å². The molecule has 5 nitrogen and oxygen atoms in total. The molecule has 1 aliphatic rings. The molecule has 132 valence electrons. The number of carboxylic acid groups (broad SMARTS) is 1.